The molecule has 6 heteroatoms. The van der Waals surface area contributed by atoms with Crippen molar-refractivity contribution in [2.24, 2.45) is 5.10 Å². The van der Waals surface area contributed by atoms with Crippen molar-refractivity contribution >= 4 is 16.2 Å². The number of aryl methyl sites for hydroxylation is 1. The van der Waals surface area contributed by atoms with Gasteiger partial charge in [0.1, 0.15) is 0 Å². The molecule has 0 aliphatic heterocycles. The smallest absolute Gasteiger partial charge is 0.276 e. The fourth-order valence-electron chi connectivity index (χ4n) is 2.26. The Hall–Kier alpha value is -2.86. The van der Waals surface area contributed by atoms with E-state index in [4.69, 9.17) is 0 Å². The zero-order chi connectivity index (χ0) is 17.0. The van der Waals surface area contributed by atoms with Gasteiger partial charge in [0.05, 0.1) is 16.8 Å². The highest BCUT2D eigenvalue weighted by Crippen LogP contribution is 2.12. The lowest BCUT2D eigenvalue weighted by molar-refractivity contribution is 0.584. The molecule has 0 radical (unpaired) electrons. The predicted molar refractivity (Wildman–Crippen MR) is 94.9 cm³/mol. The van der Waals surface area contributed by atoms with Crippen LogP contribution in [0, 0.1) is 6.92 Å². The lowest BCUT2D eigenvalue weighted by Crippen LogP contribution is -2.18. The molecule has 0 bridgehead atoms. The second-order valence-electron chi connectivity index (χ2n) is 5.30. The maximum absolute atomic E-state index is 12.2. The van der Waals surface area contributed by atoms with Gasteiger partial charge in [-0.1, -0.05) is 35.9 Å². The van der Waals surface area contributed by atoms with Crippen molar-refractivity contribution in [2.75, 3.05) is 0 Å². The number of hydrazone groups is 1. The number of benzene rings is 2. The third kappa shape index (κ3) is 3.55. The monoisotopic (exact) mass is 339 g/mol. The standard InChI is InChI=1S/C18H17N3O2S/c1-15-9-11-18(12-10-15)24(22,23)20-19-14-17-8-5-13-21(17)16-6-3-2-4-7-16/h2-14,20H,1H3. The van der Waals surface area contributed by atoms with E-state index in [1.54, 1.807) is 24.3 Å². The van der Waals surface area contributed by atoms with E-state index in [9.17, 15) is 8.42 Å². The number of aromatic nitrogens is 1. The topological polar surface area (TPSA) is 63.5 Å². The normalized spacial score (nSPS) is 11.7. The molecule has 3 rings (SSSR count). The Bertz CT molecular complexity index is 943. The molecule has 2 aromatic carbocycles. The van der Waals surface area contributed by atoms with Crippen LogP contribution in [0.15, 0.2) is 82.9 Å². The molecule has 0 unspecified atom stereocenters. The van der Waals surface area contributed by atoms with Crippen molar-refractivity contribution in [3.8, 4) is 5.69 Å². The Kier molecular flexibility index (Phi) is 4.48. The van der Waals surface area contributed by atoms with Gasteiger partial charge in [-0.05, 0) is 43.3 Å². The maximum Gasteiger partial charge on any atom is 0.276 e. The zero-order valence-corrected chi connectivity index (χ0v) is 13.9. The fourth-order valence-corrected chi connectivity index (χ4v) is 3.05. The van der Waals surface area contributed by atoms with E-state index in [1.807, 2.05) is 60.2 Å². The van der Waals surface area contributed by atoms with E-state index in [1.165, 1.54) is 6.21 Å². The first kappa shape index (κ1) is 16.0. The van der Waals surface area contributed by atoms with Gasteiger partial charge < -0.3 is 4.57 Å². The quantitative estimate of drug-likeness (QED) is 0.573. The first-order valence-electron chi connectivity index (χ1n) is 7.40. The Labute approximate surface area is 141 Å². The molecule has 3 aromatic rings. The third-order valence-electron chi connectivity index (χ3n) is 3.52. The molecule has 1 heterocycles. The number of rotatable bonds is 5. The molecule has 0 fully saturated rings. The number of hydrogen-bond donors (Lipinski definition) is 1. The molecule has 0 saturated heterocycles. The average molecular weight is 339 g/mol. The molecule has 0 aliphatic carbocycles. The van der Waals surface area contributed by atoms with E-state index in [0.717, 1.165) is 16.9 Å². The first-order valence-corrected chi connectivity index (χ1v) is 8.89. The molecule has 1 aromatic heterocycles. The van der Waals surface area contributed by atoms with E-state index < -0.39 is 10.0 Å². The van der Waals surface area contributed by atoms with Gasteiger partial charge in [0.25, 0.3) is 10.0 Å². The van der Waals surface area contributed by atoms with Crippen LogP contribution in [0.2, 0.25) is 0 Å². The van der Waals surface area contributed by atoms with E-state index in [-0.39, 0.29) is 4.90 Å². The van der Waals surface area contributed by atoms with Crippen LogP contribution in [-0.2, 0) is 10.0 Å². The van der Waals surface area contributed by atoms with Crippen LogP contribution >= 0.6 is 0 Å². The lowest BCUT2D eigenvalue weighted by Gasteiger charge is -2.06. The van der Waals surface area contributed by atoms with Gasteiger partial charge >= 0.3 is 0 Å². The van der Waals surface area contributed by atoms with E-state index >= 15 is 0 Å². The number of hydrogen-bond acceptors (Lipinski definition) is 3. The van der Waals surface area contributed by atoms with E-state index in [2.05, 4.69) is 9.93 Å². The second kappa shape index (κ2) is 6.72. The van der Waals surface area contributed by atoms with Gasteiger partial charge in [0.2, 0.25) is 0 Å². The van der Waals surface area contributed by atoms with Gasteiger partial charge in [-0.3, -0.25) is 0 Å². The van der Waals surface area contributed by atoms with Gasteiger partial charge in [0.15, 0.2) is 0 Å². The lowest BCUT2D eigenvalue weighted by atomic mass is 10.2. The van der Waals surface area contributed by atoms with Crippen molar-refractivity contribution in [1.29, 1.82) is 0 Å². The van der Waals surface area contributed by atoms with Crippen LogP contribution in [0.3, 0.4) is 0 Å². The van der Waals surface area contributed by atoms with Crippen molar-refractivity contribution in [2.45, 2.75) is 11.8 Å². The van der Waals surface area contributed by atoms with Crippen LogP contribution in [0.1, 0.15) is 11.3 Å². The van der Waals surface area contributed by atoms with Crippen molar-refractivity contribution in [1.82, 2.24) is 9.40 Å². The summed E-state index contributed by atoms with van der Waals surface area (Å²) in [5.74, 6) is 0. The van der Waals surface area contributed by atoms with Crippen molar-refractivity contribution < 1.29 is 8.42 Å². The number of nitrogens with zero attached hydrogens (tertiary/aromatic N) is 2. The molecule has 0 amide bonds. The largest absolute Gasteiger partial charge is 0.316 e. The molecule has 24 heavy (non-hydrogen) atoms. The summed E-state index contributed by atoms with van der Waals surface area (Å²) < 4.78 is 26.3. The molecule has 0 aliphatic rings. The summed E-state index contributed by atoms with van der Waals surface area (Å²) in [5.41, 5.74) is 2.75. The minimum atomic E-state index is -3.66. The number of nitrogens with one attached hydrogen (secondary N) is 1. The van der Waals surface area contributed by atoms with Gasteiger partial charge in [-0.2, -0.15) is 13.5 Å². The van der Waals surface area contributed by atoms with Crippen LogP contribution in [0.4, 0.5) is 0 Å². The van der Waals surface area contributed by atoms with Gasteiger partial charge in [-0.25, -0.2) is 4.83 Å². The Morgan fingerprint density at radius 2 is 1.67 bits per heavy atom. The van der Waals surface area contributed by atoms with E-state index in [0.29, 0.717) is 0 Å². The summed E-state index contributed by atoms with van der Waals surface area (Å²) in [6.07, 6.45) is 3.38. The average Bonchev–Trinajstić information content (AvgIpc) is 3.04. The highest BCUT2D eigenvalue weighted by Gasteiger charge is 2.11. The molecule has 1 N–H and O–H groups in total. The molecule has 0 saturated carbocycles. The van der Waals surface area contributed by atoms with Gasteiger partial charge in [-0.15, -0.1) is 0 Å². The van der Waals surface area contributed by atoms with Crippen LogP contribution in [0.25, 0.3) is 5.69 Å². The summed E-state index contributed by atoms with van der Waals surface area (Å²) in [6.45, 7) is 1.90. The third-order valence-corrected chi connectivity index (χ3v) is 4.75. The molecule has 5 nitrogen and oxygen atoms in total. The van der Waals surface area contributed by atoms with Crippen molar-refractivity contribution in [3.63, 3.8) is 0 Å². The Morgan fingerprint density at radius 3 is 2.38 bits per heavy atom. The zero-order valence-electron chi connectivity index (χ0n) is 13.1. The SMILES string of the molecule is Cc1ccc(S(=O)(=O)NN=Cc2cccn2-c2ccccc2)cc1. The summed E-state index contributed by atoms with van der Waals surface area (Å²) >= 11 is 0. The van der Waals surface area contributed by atoms with Crippen molar-refractivity contribution in [3.05, 3.63) is 84.2 Å². The minimum absolute atomic E-state index is 0.184. The molecule has 122 valence electrons. The fraction of sp³-hybridized carbons (Fsp3) is 0.0556. The molecular weight excluding hydrogens is 322 g/mol. The first-order chi connectivity index (χ1) is 11.6. The minimum Gasteiger partial charge on any atom is -0.316 e. The highest BCUT2D eigenvalue weighted by molar-refractivity contribution is 7.89. The molecular formula is C18H17N3O2S. The Morgan fingerprint density at radius 1 is 0.958 bits per heavy atom. The number of sulfonamides is 1. The summed E-state index contributed by atoms with van der Waals surface area (Å²) in [7, 11) is -3.66. The summed E-state index contributed by atoms with van der Waals surface area (Å²) in [5, 5.41) is 3.89. The van der Waals surface area contributed by atoms with Crippen LogP contribution in [0.5, 0.6) is 0 Å². The van der Waals surface area contributed by atoms with Crippen LogP contribution in [-0.4, -0.2) is 19.2 Å². The summed E-state index contributed by atoms with van der Waals surface area (Å²) in [4.78, 5) is 2.42. The second-order valence-corrected chi connectivity index (χ2v) is 6.97. The molecule has 0 spiro atoms. The number of para-hydroxylation sites is 1. The van der Waals surface area contributed by atoms with Gasteiger partial charge in [0, 0.05) is 11.9 Å². The maximum atomic E-state index is 12.2. The molecule has 0 atom stereocenters. The van der Waals surface area contributed by atoms with Crippen LogP contribution < -0.4 is 4.83 Å². The highest BCUT2D eigenvalue weighted by atomic mass is 32.2. The summed E-state index contributed by atoms with van der Waals surface area (Å²) in [6, 6.07) is 20.1. The predicted octanol–water partition coefficient (Wildman–Crippen LogP) is 3.10. The Balaban J connectivity index is 1.78.